The lowest BCUT2D eigenvalue weighted by molar-refractivity contribution is 0.220. The van der Waals surface area contributed by atoms with Crippen LogP contribution in [0.3, 0.4) is 0 Å². The topological polar surface area (TPSA) is 8.17 Å². The van der Waals surface area contributed by atoms with Crippen molar-refractivity contribution in [3.05, 3.63) is 52.8 Å². The number of hydrogen-bond acceptors (Lipinski definition) is 1. The molecule has 0 radical (unpaired) electrons. The second kappa shape index (κ2) is 6.07. The summed E-state index contributed by atoms with van der Waals surface area (Å²) in [6, 6.07) is 11.2. The van der Waals surface area contributed by atoms with Crippen LogP contribution in [0, 0.1) is 20.8 Å². The van der Waals surface area contributed by atoms with Crippen molar-refractivity contribution < 1.29 is 0 Å². The van der Waals surface area contributed by atoms with Gasteiger partial charge in [-0.05, 0) is 70.5 Å². The Kier molecular flexibility index (Phi) is 4.16. The maximum absolute atomic E-state index is 2.60. The molecule has 1 aromatic heterocycles. The van der Waals surface area contributed by atoms with Crippen LogP contribution in [0.5, 0.6) is 0 Å². The Hall–Kier alpha value is -1.54. The van der Waals surface area contributed by atoms with Crippen molar-refractivity contribution in [2.75, 3.05) is 13.1 Å². The molecule has 0 saturated carbocycles. The zero-order chi connectivity index (χ0) is 14.8. The average molecular weight is 282 g/mol. The van der Waals surface area contributed by atoms with E-state index in [-0.39, 0.29) is 0 Å². The molecular weight excluding hydrogens is 256 g/mol. The molecule has 3 rings (SSSR count). The summed E-state index contributed by atoms with van der Waals surface area (Å²) in [5.41, 5.74) is 6.80. The minimum absolute atomic E-state index is 1.10. The summed E-state index contributed by atoms with van der Waals surface area (Å²) in [4.78, 5) is 2.60. The third kappa shape index (κ3) is 3.06. The normalized spacial score (nSPS) is 16.3. The van der Waals surface area contributed by atoms with E-state index in [1.54, 1.807) is 0 Å². The van der Waals surface area contributed by atoms with Crippen LogP contribution in [0.1, 0.15) is 41.8 Å². The van der Waals surface area contributed by atoms with Gasteiger partial charge in [-0.15, -0.1) is 0 Å². The Balaban J connectivity index is 1.87. The molecule has 1 aliphatic heterocycles. The lowest BCUT2D eigenvalue weighted by atomic mass is 10.1. The highest BCUT2D eigenvalue weighted by atomic mass is 15.1. The molecule has 2 nitrogen and oxygen atoms in total. The molecule has 2 aromatic rings. The number of rotatable bonds is 3. The summed E-state index contributed by atoms with van der Waals surface area (Å²) < 4.78 is 2.39. The number of benzene rings is 1. The van der Waals surface area contributed by atoms with E-state index in [1.165, 1.54) is 60.6 Å². The van der Waals surface area contributed by atoms with Gasteiger partial charge in [-0.1, -0.05) is 24.1 Å². The van der Waals surface area contributed by atoms with Crippen LogP contribution in [0.15, 0.2) is 30.3 Å². The van der Waals surface area contributed by atoms with Gasteiger partial charge in [0.1, 0.15) is 0 Å². The van der Waals surface area contributed by atoms with Crippen molar-refractivity contribution in [1.29, 1.82) is 0 Å². The van der Waals surface area contributed by atoms with Gasteiger partial charge in [0.05, 0.1) is 0 Å². The van der Waals surface area contributed by atoms with E-state index >= 15 is 0 Å². The predicted octanol–water partition coefficient (Wildman–Crippen LogP) is 4.39. The summed E-state index contributed by atoms with van der Waals surface area (Å²) in [5, 5.41) is 0. The van der Waals surface area contributed by atoms with E-state index in [9.17, 15) is 0 Å². The van der Waals surface area contributed by atoms with E-state index < -0.39 is 0 Å². The Bertz CT molecular complexity index is 601. The first-order valence-corrected chi connectivity index (χ1v) is 8.12. The standard InChI is InChI=1S/C19H26N2/c1-15-7-9-19(10-8-15)21-16(2)13-18(17(21)3)14-20-11-5-4-6-12-20/h7-10,13H,4-6,11-12,14H2,1-3H3. The molecule has 0 amide bonds. The van der Waals surface area contributed by atoms with Crippen LogP contribution in [-0.2, 0) is 6.54 Å². The van der Waals surface area contributed by atoms with Crippen molar-refractivity contribution in [1.82, 2.24) is 9.47 Å². The highest BCUT2D eigenvalue weighted by Gasteiger charge is 2.15. The number of likely N-dealkylation sites (tertiary alicyclic amines) is 1. The van der Waals surface area contributed by atoms with Gasteiger partial charge in [0.15, 0.2) is 0 Å². The second-order valence-electron chi connectivity index (χ2n) is 6.40. The molecule has 0 unspecified atom stereocenters. The number of aryl methyl sites for hydroxylation is 2. The smallest absolute Gasteiger partial charge is 0.0455 e. The van der Waals surface area contributed by atoms with Crippen LogP contribution in [0.4, 0.5) is 0 Å². The predicted molar refractivity (Wildman–Crippen MR) is 89.1 cm³/mol. The molecule has 2 heterocycles. The Morgan fingerprint density at radius 1 is 0.905 bits per heavy atom. The molecule has 0 bridgehead atoms. The van der Waals surface area contributed by atoms with Crippen LogP contribution in [0.2, 0.25) is 0 Å². The molecule has 21 heavy (non-hydrogen) atoms. The molecule has 1 fully saturated rings. The number of piperidine rings is 1. The lowest BCUT2D eigenvalue weighted by Crippen LogP contribution is -2.29. The van der Waals surface area contributed by atoms with Crippen molar-refractivity contribution in [3.63, 3.8) is 0 Å². The highest BCUT2D eigenvalue weighted by molar-refractivity contribution is 5.42. The maximum Gasteiger partial charge on any atom is 0.0455 e. The number of nitrogens with zero attached hydrogens (tertiary/aromatic N) is 2. The van der Waals surface area contributed by atoms with Gasteiger partial charge in [-0.3, -0.25) is 4.90 Å². The quantitative estimate of drug-likeness (QED) is 0.810. The van der Waals surface area contributed by atoms with Crippen LogP contribution in [0.25, 0.3) is 5.69 Å². The van der Waals surface area contributed by atoms with E-state index in [2.05, 4.69) is 60.6 Å². The van der Waals surface area contributed by atoms with Crippen molar-refractivity contribution in [2.45, 2.75) is 46.6 Å². The van der Waals surface area contributed by atoms with Gasteiger partial charge in [0.2, 0.25) is 0 Å². The molecule has 0 N–H and O–H groups in total. The molecular formula is C19H26N2. The summed E-state index contributed by atoms with van der Waals surface area (Å²) in [7, 11) is 0. The van der Waals surface area contributed by atoms with Gasteiger partial charge in [0, 0.05) is 23.6 Å². The largest absolute Gasteiger partial charge is 0.318 e. The number of hydrogen-bond donors (Lipinski definition) is 0. The fraction of sp³-hybridized carbons (Fsp3) is 0.474. The van der Waals surface area contributed by atoms with Crippen molar-refractivity contribution in [3.8, 4) is 5.69 Å². The van der Waals surface area contributed by atoms with E-state index in [1.807, 2.05) is 0 Å². The Labute approximate surface area is 128 Å². The second-order valence-corrected chi connectivity index (χ2v) is 6.40. The van der Waals surface area contributed by atoms with Crippen LogP contribution < -0.4 is 0 Å². The SMILES string of the molecule is Cc1ccc(-n2c(C)cc(CN3CCCCC3)c2C)cc1. The molecule has 1 aliphatic rings. The molecule has 112 valence electrons. The lowest BCUT2D eigenvalue weighted by Gasteiger charge is -2.26. The first-order chi connectivity index (χ1) is 10.1. The molecule has 2 heteroatoms. The summed E-state index contributed by atoms with van der Waals surface area (Å²) in [5.74, 6) is 0. The molecule has 0 aliphatic carbocycles. The molecule has 0 atom stereocenters. The van der Waals surface area contributed by atoms with Gasteiger partial charge in [0.25, 0.3) is 0 Å². The van der Waals surface area contributed by atoms with Gasteiger partial charge < -0.3 is 4.57 Å². The highest BCUT2D eigenvalue weighted by Crippen LogP contribution is 2.23. The summed E-state index contributed by atoms with van der Waals surface area (Å²) >= 11 is 0. The fourth-order valence-corrected chi connectivity index (χ4v) is 3.44. The zero-order valence-corrected chi connectivity index (χ0v) is 13.5. The Morgan fingerprint density at radius 2 is 1.57 bits per heavy atom. The molecule has 0 spiro atoms. The molecule has 1 saturated heterocycles. The first kappa shape index (κ1) is 14.4. The number of aromatic nitrogens is 1. The summed E-state index contributed by atoms with van der Waals surface area (Å²) in [6.07, 6.45) is 4.12. The third-order valence-corrected chi connectivity index (χ3v) is 4.67. The van der Waals surface area contributed by atoms with E-state index in [0.29, 0.717) is 0 Å². The Morgan fingerprint density at radius 3 is 2.24 bits per heavy atom. The third-order valence-electron chi connectivity index (χ3n) is 4.67. The van der Waals surface area contributed by atoms with Crippen molar-refractivity contribution in [2.24, 2.45) is 0 Å². The van der Waals surface area contributed by atoms with Crippen LogP contribution >= 0.6 is 0 Å². The first-order valence-electron chi connectivity index (χ1n) is 8.12. The summed E-state index contributed by atoms with van der Waals surface area (Å²) in [6.45, 7) is 10.2. The maximum atomic E-state index is 2.60. The van der Waals surface area contributed by atoms with Gasteiger partial charge in [-0.2, -0.15) is 0 Å². The fourth-order valence-electron chi connectivity index (χ4n) is 3.44. The molecule has 1 aromatic carbocycles. The van der Waals surface area contributed by atoms with Crippen LogP contribution in [-0.4, -0.2) is 22.6 Å². The monoisotopic (exact) mass is 282 g/mol. The van der Waals surface area contributed by atoms with E-state index in [4.69, 9.17) is 0 Å². The minimum Gasteiger partial charge on any atom is -0.318 e. The van der Waals surface area contributed by atoms with Gasteiger partial charge >= 0.3 is 0 Å². The zero-order valence-electron chi connectivity index (χ0n) is 13.5. The van der Waals surface area contributed by atoms with E-state index in [0.717, 1.165) is 6.54 Å². The average Bonchev–Trinajstić information content (AvgIpc) is 2.76. The minimum atomic E-state index is 1.10. The van der Waals surface area contributed by atoms with Gasteiger partial charge in [-0.25, -0.2) is 0 Å². The van der Waals surface area contributed by atoms with Crippen molar-refractivity contribution >= 4 is 0 Å².